The van der Waals surface area contributed by atoms with Gasteiger partial charge >= 0.3 is 0 Å². The average molecular weight is 300 g/mol. The van der Waals surface area contributed by atoms with Crippen molar-refractivity contribution in [3.63, 3.8) is 0 Å². The molecule has 0 radical (unpaired) electrons. The third-order valence-corrected chi connectivity index (χ3v) is 4.24. The summed E-state index contributed by atoms with van der Waals surface area (Å²) in [6, 6.07) is 9.82. The SMILES string of the molecule is CC(C)(C)n1nc(-c2ccccc2)nc1[C@H]1C[C@H](N)[C@@H](O)C1. The summed E-state index contributed by atoms with van der Waals surface area (Å²) in [4.78, 5) is 4.78. The number of nitrogens with two attached hydrogens (primary N) is 1. The van der Waals surface area contributed by atoms with Crippen LogP contribution in [0.3, 0.4) is 0 Å². The molecule has 0 unspecified atom stereocenters. The molecule has 1 aliphatic rings. The Morgan fingerprint density at radius 3 is 2.41 bits per heavy atom. The molecular weight excluding hydrogens is 276 g/mol. The third kappa shape index (κ3) is 2.78. The quantitative estimate of drug-likeness (QED) is 0.892. The number of benzene rings is 1. The molecule has 1 aromatic carbocycles. The number of aliphatic hydroxyl groups is 1. The van der Waals surface area contributed by atoms with E-state index in [9.17, 15) is 5.11 Å². The second-order valence-corrected chi connectivity index (χ2v) is 7.14. The van der Waals surface area contributed by atoms with Crippen LogP contribution >= 0.6 is 0 Å². The van der Waals surface area contributed by atoms with E-state index < -0.39 is 6.10 Å². The second kappa shape index (κ2) is 5.48. The van der Waals surface area contributed by atoms with E-state index in [0.717, 1.165) is 23.6 Å². The Hall–Kier alpha value is -1.72. The average Bonchev–Trinajstić information content (AvgIpc) is 3.04. The lowest BCUT2D eigenvalue weighted by molar-refractivity contribution is 0.163. The molecule has 1 aromatic heterocycles. The molecule has 2 aromatic rings. The van der Waals surface area contributed by atoms with Gasteiger partial charge in [0.1, 0.15) is 5.82 Å². The maximum Gasteiger partial charge on any atom is 0.181 e. The van der Waals surface area contributed by atoms with Crippen LogP contribution in [0.4, 0.5) is 0 Å². The maximum atomic E-state index is 9.96. The van der Waals surface area contributed by atoms with Crippen molar-refractivity contribution in [2.75, 3.05) is 0 Å². The van der Waals surface area contributed by atoms with Gasteiger partial charge in [-0.2, -0.15) is 5.10 Å². The van der Waals surface area contributed by atoms with Gasteiger partial charge in [-0.15, -0.1) is 0 Å². The van der Waals surface area contributed by atoms with Gasteiger partial charge in [-0.1, -0.05) is 30.3 Å². The number of hydrogen-bond acceptors (Lipinski definition) is 4. The zero-order valence-electron chi connectivity index (χ0n) is 13.4. The Morgan fingerprint density at radius 1 is 1.18 bits per heavy atom. The fraction of sp³-hybridized carbons (Fsp3) is 0.529. The Labute approximate surface area is 131 Å². The molecule has 0 aliphatic heterocycles. The van der Waals surface area contributed by atoms with Crippen LogP contribution in [0.2, 0.25) is 0 Å². The normalized spacial score (nSPS) is 25.6. The van der Waals surface area contributed by atoms with E-state index >= 15 is 0 Å². The Morgan fingerprint density at radius 2 is 1.86 bits per heavy atom. The van der Waals surface area contributed by atoms with E-state index in [1.165, 1.54) is 0 Å². The van der Waals surface area contributed by atoms with Crippen molar-refractivity contribution in [1.29, 1.82) is 0 Å². The summed E-state index contributed by atoms with van der Waals surface area (Å²) in [5, 5.41) is 14.7. The second-order valence-electron chi connectivity index (χ2n) is 7.14. The van der Waals surface area contributed by atoms with E-state index in [-0.39, 0.29) is 17.5 Å². The summed E-state index contributed by atoms with van der Waals surface area (Å²) in [5.74, 6) is 1.83. The van der Waals surface area contributed by atoms with Gasteiger partial charge in [0.2, 0.25) is 0 Å². The maximum absolute atomic E-state index is 9.96. The number of aromatic nitrogens is 3. The first-order chi connectivity index (χ1) is 10.4. The van der Waals surface area contributed by atoms with Crippen molar-refractivity contribution in [2.24, 2.45) is 5.73 Å². The van der Waals surface area contributed by atoms with Crippen molar-refractivity contribution in [3.8, 4) is 11.4 Å². The minimum absolute atomic E-state index is 0.160. The molecule has 0 saturated heterocycles. The van der Waals surface area contributed by atoms with Crippen LogP contribution in [0.5, 0.6) is 0 Å². The van der Waals surface area contributed by atoms with Gasteiger partial charge in [0.05, 0.1) is 11.6 Å². The molecule has 1 heterocycles. The molecule has 118 valence electrons. The summed E-state index contributed by atoms with van der Waals surface area (Å²) < 4.78 is 1.99. The van der Waals surface area contributed by atoms with E-state index in [1.807, 2.05) is 35.0 Å². The largest absolute Gasteiger partial charge is 0.391 e. The van der Waals surface area contributed by atoms with Crippen LogP contribution in [0.25, 0.3) is 11.4 Å². The van der Waals surface area contributed by atoms with E-state index in [4.69, 9.17) is 15.8 Å². The predicted octanol–water partition coefficient (Wildman–Crippen LogP) is 2.27. The van der Waals surface area contributed by atoms with Gasteiger partial charge in [-0.25, -0.2) is 9.67 Å². The van der Waals surface area contributed by atoms with E-state index in [0.29, 0.717) is 6.42 Å². The van der Waals surface area contributed by atoms with Gasteiger partial charge in [-0.05, 0) is 33.6 Å². The fourth-order valence-corrected chi connectivity index (χ4v) is 3.05. The first-order valence-corrected chi connectivity index (χ1v) is 7.83. The molecule has 3 atom stereocenters. The molecule has 1 fully saturated rings. The summed E-state index contributed by atoms with van der Waals surface area (Å²) in [6.07, 6.45) is 0.962. The third-order valence-electron chi connectivity index (χ3n) is 4.24. The van der Waals surface area contributed by atoms with Crippen molar-refractivity contribution in [2.45, 2.75) is 57.2 Å². The standard InChI is InChI=1S/C17H24N4O/c1-17(2,3)21-16(12-9-13(18)14(22)10-12)19-15(20-21)11-7-5-4-6-8-11/h4-8,12-14,22H,9-10,18H2,1-3H3/t12-,13-,14-/m0/s1. The van der Waals surface area contributed by atoms with Crippen LogP contribution in [-0.4, -0.2) is 32.0 Å². The molecule has 5 heteroatoms. The molecule has 0 spiro atoms. The topological polar surface area (TPSA) is 77.0 Å². The molecule has 0 amide bonds. The van der Waals surface area contributed by atoms with Crippen molar-refractivity contribution in [3.05, 3.63) is 36.2 Å². The Bertz CT molecular complexity index is 634. The van der Waals surface area contributed by atoms with Crippen LogP contribution in [0, 0.1) is 0 Å². The van der Waals surface area contributed by atoms with Crippen molar-refractivity contribution < 1.29 is 5.11 Å². The van der Waals surface area contributed by atoms with Gasteiger partial charge in [0, 0.05) is 17.5 Å². The minimum atomic E-state index is -0.449. The number of aliphatic hydroxyl groups excluding tert-OH is 1. The number of rotatable bonds is 2. The highest BCUT2D eigenvalue weighted by Crippen LogP contribution is 2.35. The van der Waals surface area contributed by atoms with Crippen LogP contribution in [0.15, 0.2) is 30.3 Å². The first kappa shape index (κ1) is 15.2. The highest BCUT2D eigenvalue weighted by atomic mass is 16.3. The van der Waals surface area contributed by atoms with Crippen LogP contribution in [0.1, 0.15) is 45.4 Å². The van der Waals surface area contributed by atoms with Gasteiger partial charge in [-0.3, -0.25) is 0 Å². The summed E-state index contributed by atoms with van der Waals surface area (Å²) in [5.41, 5.74) is 6.82. The predicted molar refractivity (Wildman–Crippen MR) is 86.4 cm³/mol. The molecule has 1 aliphatic carbocycles. The highest BCUT2D eigenvalue weighted by molar-refractivity contribution is 5.54. The van der Waals surface area contributed by atoms with Gasteiger partial charge in [0.15, 0.2) is 5.82 Å². The van der Waals surface area contributed by atoms with E-state index in [2.05, 4.69) is 20.8 Å². The Balaban J connectivity index is 2.03. The lowest BCUT2D eigenvalue weighted by Gasteiger charge is -2.23. The van der Waals surface area contributed by atoms with Crippen molar-refractivity contribution in [1.82, 2.24) is 14.8 Å². The fourth-order valence-electron chi connectivity index (χ4n) is 3.05. The number of nitrogens with zero attached hydrogens (tertiary/aromatic N) is 3. The smallest absolute Gasteiger partial charge is 0.181 e. The van der Waals surface area contributed by atoms with Gasteiger partial charge < -0.3 is 10.8 Å². The summed E-state index contributed by atoms with van der Waals surface area (Å²) in [6.45, 7) is 6.35. The van der Waals surface area contributed by atoms with Crippen molar-refractivity contribution >= 4 is 0 Å². The first-order valence-electron chi connectivity index (χ1n) is 7.83. The van der Waals surface area contributed by atoms with E-state index in [1.54, 1.807) is 0 Å². The summed E-state index contributed by atoms with van der Waals surface area (Å²) >= 11 is 0. The minimum Gasteiger partial charge on any atom is -0.391 e. The molecular formula is C17H24N4O. The molecule has 1 saturated carbocycles. The number of hydrogen-bond donors (Lipinski definition) is 2. The monoisotopic (exact) mass is 300 g/mol. The molecule has 3 rings (SSSR count). The zero-order chi connectivity index (χ0) is 15.9. The molecule has 5 nitrogen and oxygen atoms in total. The lowest BCUT2D eigenvalue weighted by atomic mass is 10.0. The molecule has 22 heavy (non-hydrogen) atoms. The summed E-state index contributed by atoms with van der Waals surface area (Å²) in [7, 11) is 0. The molecule has 0 bridgehead atoms. The highest BCUT2D eigenvalue weighted by Gasteiger charge is 2.36. The lowest BCUT2D eigenvalue weighted by Crippen LogP contribution is -2.28. The molecule has 3 N–H and O–H groups in total. The van der Waals surface area contributed by atoms with Crippen LogP contribution in [-0.2, 0) is 5.54 Å². The van der Waals surface area contributed by atoms with Gasteiger partial charge in [0.25, 0.3) is 0 Å². The Kier molecular flexibility index (Phi) is 3.78. The zero-order valence-corrected chi connectivity index (χ0v) is 13.4. The van der Waals surface area contributed by atoms with Crippen LogP contribution < -0.4 is 5.73 Å².